The van der Waals surface area contributed by atoms with Crippen molar-refractivity contribution in [3.05, 3.63) is 29.6 Å². The third-order valence-corrected chi connectivity index (χ3v) is 11.7. The molecule has 258 valence electrons. The Morgan fingerprint density at radius 2 is 1.81 bits per heavy atom. The van der Waals surface area contributed by atoms with E-state index in [-0.39, 0.29) is 43.0 Å². The fourth-order valence-corrected chi connectivity index (χ4v) is 8.26. The third-order valence-electron chi connectivity index (χ3n) is 11.7. The normalized spacial score (nSPS) is 35.5. The predicted octanol–water partition coefficient (Wildman–Crippen LogP) is 2.77. The van der Waals surface area contributed by atoms with Gasteiger partial charge in [-0.25, -0.2) is 22.4 Å². The predicted molar refractivity (Wildman–Crippen MR) is 167 cm³/mol. The Hall–Kier alpha value is -3.03. The first-order valence-corrected chi connectivity index (χ1v) is 16.8. The number of alkyl halides is 2. The first kappa shape index (κ1) is 33.9. The Morgan fingerprint density at radius 3 is 2.38 bits per heavy atom. The average Bonchev–Trinajstić information content (AvgIpc) is 3.92. The molecule has 3 aliphatic carbocycles. The summed E-state index contributed by atoms with van der Waals surface area (Å²) in [7, 11) is 4.56. The van der Waals surface area contributed by atoms with Crippen molar-refractivity contribution in [1.82, 2.24) is 15.1 Å². The standard InChI is InChI=1S/C34H46F3N5O5/c1-18-22-10-11-25(24(36)14-22)38-30(43)28(27(20-6-7-20)21-8-9-21)39-33(46)34(37)15-26(34)42(4,32(45)19(2)47-5)29(18)31(44)41-13-12-40(3)23(16-35)17-41/h10-11,14,18-21,23,26-29H,6-9,12-13,15-17H2,1-5H3,(H-,38,39,43,46)/p+1/t18-,19-,23-,26?,28-,29+,34?,42?/m0/s1. The number of anilines is 1. The number of amides is 4. The van der Waals surface area contributed by atoms with Crippen LogP contribution in [0.25, 0.3) is 0 Å². The van der Waals surface area contributed by atoms with Gasteiger partial charge < -0.3 is 20.3 Å². The molecule has 47 heavy (non-hydrogen) atoms. The van der Waals surface area contributed by atoms with Gasteiger partial charge in [0.1, 0.15) is 24.6 Å². The van der Waals surface area contributed by atoms with E-state index >= 15 is 8.78 Å². The van der Waals surface area contributed by atoms with Crippen molar-refractivity contribution in [2.75, 3.05) is 52.8 Å². The second kappa shape index (κ2) is 12.5. The first-order chi connectivity index (χ1) is 22.3. The number of halogens is 3. The number of benzene rings is 1. The van der Waals surface area contributed by atoms with Crippen LogP contribution in [0.3, 0.4) is 0 Å². The maximum atomic E-state index is 17.1. The van der Waals surface area contributed by atoms with Crippen LogP contribution in [0.5, 0.6) is 0 Å². The second-order valence-corrected chi connectivity index (χ2v) is 14.7. The van der Waals surface area contributed by atoms with Gasteiger partial charge in [-0.2, -0.15) is 0 Å². The molecule has 0 spiro atoms. The molecule has 1 aromatic rings. The van der Waals surface area contributed by atoms with Crippen LogP contribution >= 0.6 is 0 Å². The number of carbonyl (C=O) groups excluding carboxylic acids is 4. The van der Waals surface area contributed by atoms with Crippen molar-refractivity contribution in [1.29, 1.82) is 0 Å². The lowest BCUT2D eigenvalue weighted by Gasteiger charge is -2.46. The van der Waals surface area contributed by atoms with Gasteiger partial charge in [0.25, 0.3) is 11.8 Å². The molecule has 0 radical (unpaired) electrons. The lowest BCUT2D eigenvalue weighted by molar-refractivity contribution is -0.867. The number of ether oxygens (including phenoxy) is 1. The Labute approximate surface area is 273 Å². The lowest BCUT2D eigenvalue weighted by Crippen LogP contribution is -2.70. The van der Waals surface area contributed by atoms with Crippen LogP contribution in [0.1, 0.15) is 57.4 Å². The van der Waals surface area contributed by atoms with E-state index in [0.717, 1.165) is 25.7 Å². The molecule has 13 heteroatoms. The average molecular weight is 663 g/mol. The van der Waals surface area contributed by atoms with Gasteiger partial charge >= 0.3 is 5.91 Å². The van der Waals surface area contributed by atoms with Gasteiger partial charge in [0.2, 0.25) is 11.6 Å². The molecule has 2 bridgehead atoms. The molecular formula is C34H47F3N5O5+. The van der Waals surface area contributed by atoms with Gasteiger partial charge in [-0.05, 0) is 75.1 Å². The Bertz CT molecular complexity index is 1430. The molecule has 1 aromatic carbocycles. The number of rotatable bonds is 7. The maximum Gasteiger partial charge on any atom is 0.343 e. The van der Waals surface area contributed by atoms with Crippen molar-refractivity contribution < 1.29 is 41.6 Å². The fraction of sp³-hybridized carbons (Fsp3) is 0.706. The minimum absolute atomic E-state index is 0.0553. The summed E-state index contributed by atoms with van der Waals surface area (Å²) < 4.78 is 51.5. The summed E-state index contributed by atoms with van der Waals surface area (Å²) in [5.41, 5.74) is -2.30. The minimum Gasteiger partial charge on any atom is -0.368 e. The van der Waals surface area contributed by atoms with Crippen LogP contribution in [0.2, 0.25) is 0 Å². The van der Waals surface area contributed by atoms with Crippen LogP contribution in [0.4, 0.5) is 18.9 Å². The molecule has 1 saturated heterocycles. The summed E-state index contributed by atoms with van der Waals surface area (Å²) in [4.78, 5) is 60.1. The number of methoxy groups -OCH3 is 1. The van der Waals surface area contributed by atoms with Crippen molar-refractivity contribution >= 4 is 29.3 Å². The van der Waals surface area contributed by atoms with E-state index in [2.05, 4.69) is 10.6 Å². The number of carbonyl (C=O) groups is 4. The highest BCUT2D eigenvalue weighted by Gasteiger charge is 2.76. The number of quaternary nitrogens is 1. The molecular weight excluding hydrogens is 615 g/mol. The molecule has 2 N–H and O–H groups in total. The molecule has 3 unspecified atom stereocenters. The molecule has 8 atom stereocenters. The molecule has 3 saturated carbocycles. The smallest absolute Gasteiger partial charge is 0.343 e. The van der Waals surface area contributed by atoms with Crippen LogP contribution in [0, 0.1) is 23.6 Å². The monoisotopic (exact) mass is 662 g/mol. The van der Waals surface area contributed by atoms with Crippen LogP contribution < -0.4 is 10.6 Å². The van der Waals surface area contributed by atoms with Gasteiger partial charge in [-0.1, -0.05) is 13.0 Å². The minimum atomic E-state index is -2.56. The van der Waals surface area contributed by atoms with Crippen molar-refractivity contribution in [3.63, 3.8) is 0 Å². The maximum absolute atomic E-state index is 17.1. The lowest BCUT2D eigenvalue weighted by atomic mass is 9.87. The van der Waals surface area contributed by atoms with E-state index < -0.39 is 82.5 Å². The van der Waals surface area contributed by atoms with Crippen molar-refractivity contribution in [2.24, 2.45) is 17.8 Å². The van der Waals surface area contributed by atoms with Crippen LogP contribution in [0.15, 0.2) is 18.2 Å². The zero-order chi connectivity index (χ0) is 34.0. The number of fused-ring (bicyclic) bond motifs is 8. The number of hydrogen-bond donors (Lipinski definition) is 2. The molecule has 3 heterocycles. The quantitative estimate of drug-likeness (QED) is 0.435. The van der Waals surface area contributed by atoms with Gasteiger partial charge in [0.15, 0.2) is 12.1 Å². The number of hydrogen-bond acceptors (Lipinski definition) is 6. The molecule has 7 rings (SSSR count). The van der Waals surface area contributed by atoms with E-state index in [0.29, 0.717) is 12.1 Å². The highest BCUT2D eigenvalue weighted by atomic mass is 19.1. The zero-order valence-electron chi connectivity index (χ0n) is 27.8. The number of likely N-dealkylation sites (N-methyl/N-ethyl adjacent to an activating group) is 2. The largest absolute Gasteiger partial charge is 0.368 e. The molecule has 6 aliphatic rings. The number of piperazine rings is 1. The number of nitrogens with zero attached hydrogens (tertiary/aromatic N) is 3. The summed E-state index contributed by atoms with van der Waals surface area (Å²) in [6, 6.07) is 0.00431. The summed E-state index contributed by atoms with van der Waals surface area (Å²) in [6.45, 7) is 3.18. The van der Waals surface area contributed by atoms with E-state index in [9.17, 15) is 23.6 Å². The van der Waals surface area contributed by atoms with E-state index in [4.69, 9.17) is 4.74 Å². The summed E-state index contributed by atoms with van der Waals surface area (Å²) >= 11 is 0. The van der Waals surface area contributed by atoms with Crippen LogP contribution in [-0.2, 0) is 23.9 Å². The molecule has 3 aliphatic heterocycles. The molecule has 4 fully saturated rings. The van der Waals surface area contributed by atoms with Gasteiger partial charge in [-0.3, -0.25) is 19.3 Å². The topological polar surface area (TPSA) is 108 Å². The summed E-state index contributed by atoms with van der Waals surface area (Å²) in [5.74, 6) is -4.17. The summed E-state index contributed by atoms with van der Waals surface area (Å²) in [6.07, 6.45) is 2.13. The molecule has 10 nitrogen and oxygen atoms in total. The highest BCUT2D eigenvalue weighted by Crippen LogP contribution is 2.54. The fourth-order valence-electron chi connectivity index (χ4n) is 8.26. The van der Waals surface area contributed by atoms with Crippen molar-refractivity contribution in [3.8, 4) is 0 Å². The summed E-state index contributed by atoms with van der Waals surface area (Å²) in [5, 5.41) is 5.36. The van der Waals surface area contributed by atoms with Gasteiger partial charge in [-0.15, -0.1) is 0 Å². The SMILES string of the molecule is CO[C@@H](C)C(=O)[N+]1(C)C2CC2(F)C(=O)N[C@@H](C(C2CC2)C2CC2)C(=O)Nc2ccc(cc2F)[C@H](C)[C@@H]1C(=O)N1CCN(C)[C@@H](CF)C1. The van der Waals surface area contributed by atoms with E-state index in [1.807, 2.05) is 4.90 Å². The molecule has 4 amide bonds. The third kappa shape index (κ3) is 5.96. The Morgan fingerprint density at radius 1 is 1.15 bits per heavy atom. The Kier molecular flexibility index (Phi) is 8.97. The van der Waals surface area contributed by atoms with Crippen LogP contribution in [-0.4, -0.2) is 121 Å². The van der Waals surface area contributed by atoms with E-state index in [1.54, 1.807) is 20.0 Å². The van der Waals surface area contributed by atoms with E-state index in [1.165, 1.54) is 38.1 Å². The van der Waals surface area contributed by atoms with Gasteiger partial charge in [0.05, 0.1) is 25.2 Å². The second-order valence-electron chi connectivity index (χ2n) is 14.7. The number of nitrogens with one attached hydrogen (secondary N) is 2. The Balaban J connectivity index is 1.48. The zero-order valence-corrected chi connectivity index (χ0v) is 27.8. The van der Waals surface area contributed by atoms with Gasteiger partial charge in [0, 0.05) is 32.7 Å². The first-order valence-electron chi connectivity index (χ1n) is 16.8. The van der Waals surface area contributed by atoms with Crippen molar-refractivity contribution in [2.45, 2.75) is 87.8 Å². The highest BCUT2D eigenvalue weighted by molar-refractivity contribution is 6.00. The molecule has 0 aromatic heterocycles.